The van der Waals surface area contributed by atoms with Crippen LogP contribution in [0.25, 0.3) is 0 Å². The Hall–Kier alpha value is 3.85. The molecular formula is H9AlFK2O4P. The van der Waals surface area contributed by atoms with E-state index in [2.05, 4.69) is 0 Å². The maximum atomic E-state index is 8.88. The Morgan fingerprint density at radius 3 is 1.00 bits per heavy atom. The van der Waals surface area contributed by atoms with Gasteiger partial charge in [-0.15, -0.1) is 0 Å². The van der Waals surface area contributed by atoms with E-state index < -0.39 is 7.82 Å². The monoisotopic (exact) mass is 228 g/mol. The molecule has 0 heterocycles. The van der Waals surface area contributed by atoms with Crippen LogP contribution in [0.15, 0.2) is 0 Å². The molecule has 0 aliphatic rings. The molecule has 0 spiro atoms. The molecule has 0 amide bonds. The predicted molar refractivity (Wildman–Crippen MR) is 41.0 cm³/mol. The topological polar surface area (TPSA) is 77.8 Å². The number of hydrogen-bond acceptors (Lipinski definition) is 1. The fourth-order valence-electron chi connectivity index (χ4n) is 0. The fraction of sp³-hybridized carbons (Fsp3) is 0. The van der Waals surface area contributed by atoms with Crippen LogP contribution in [0.2, 0.25) is 0 Å². The molecular weight excluding hydrogens is 219 g/mol. The minimum atomic E-state index is -4.64. The number of rotatable bonds is 0. The predicted octanol–water partition coefficient (Wildman–Crippen LogP) is -3.26. The van der Waals surface area contributed by atoms with Crippen molar-refractivity contribution in [3.05, 3.63) is 0 Å². The first-order chi connectivity index (χ1) is 2.00. The second kappa shape index (κ2) is 14.4. The molecule has 9 heavy (non-hydrogen) atoms. The molecule has 0 rings (SSSR count). The van der Waals surface area contributed by atoms with Crippen molar-refractivity contribution in [2.75, 3.05) is 0 Å². The Kier molecular flexibility index (Phi) is 46.8. The van der Waals surface area contributed by atoms with Gasteiger partial charge in [0.1, 0.15) is 0 Å². The third-order valence-electron chi connectivity index (χ3n) is 0. The van der Waals surface area contributed by atoms with Crippen molar-refractivity contribution >= 4 is 128 Å². The van der Waals surface area contributed by atoms with Crippen LogP contribution in [0.3, 0.4) is 0 Å². The normalized spacial score (nSPS) is 6.56. The van der Waals surface area contributed by atoms with Crippen molar-refractivity contribution in [2.45, 2.75) is 0 Å². The van der Waals surface area contributed by atoms with E-state index in [1.807, 2.05) is 0 Å². The zero-order valence-corrected chi connectivity index (χ0v) is 3.50. The second-order valence-corrected chi connectivity index (χ2v) is 1.54. The van der Waals surface area contributed by atoms with Gasteiger partial charge < -0.3 is 14.7 Å². The number of halogens is 1. The molecule has 0 aromatic carbocycles. The van der Waals surface area contributed by atoms with Gasteiger partial charge in [0.2, 0.25) is 0 Å². The number of phosphoric acid groups is 1. The molecule has 0 aliphatic heterocycles. The van der Waals surface area contributed by atoms with Gasteiger partial charge in [-0.05, 0) is 0 Å². The zero-order chi connectivity index (χ0) is 4.50. The Labute approximate surface area is 148 Å². The van der Waals surface area contributed by atoms with E-state index >= 15 is 0 Å². The van der Waals surface area contributed by atoms with Gasteiger partial charge in [-0.1, -0.05) is 0 Å². The molecule has 4 nitrogen and oxygen atoms in total. The summed E-state index contributed by atoms with van der Waals surface area (Å²) in [6.45, 7) is 0. The summed E-state index contributed by atoms with van der Waals surface area (Å²) >= 11 is 0. The Morgan fingerprint density at radius 2 is 1.00 bits per heavy atom. The third kappa shape index (κ3) is 77.7. The molecule has 0 bridgehead atoms. The SMILES string of the molecule is F.O=P(O)(O)O.[AlH3].[KH].[KH]. The van der Waals surface area contributed by atoms with E-state index in [-0.39, 0.29) is 125 Å². The quantitative estimate of drug-likeness (QED) is 0.300. The van der Waals surface area contributed by atoms with E-state index in [0.717, 1.165) is 0 Å². The molecule has 9 heteroatoms. The van der Waals surface area contributed by atoms with E-state index in [9.17, 15) is 0 Å². The summed E-state index contributed by atoms with van der Waals surface area (Å²) in [6.07, 6.45) is 0. The van der Waals surface area contributed by atoms with Crippen molar-refractivity contribution in [1.82, 2.24) is 0 Å². The second-order valence-electron chi connectivity index (χ2n) is 0.513. The van der Waals surface area contributed by atoms with Gasteiger partial charge in [0.25, 0.3) is 0 Å². The molecule has 0 saturated heterocycles. The summed E-state index contributed by atoms with van der Waals surface area (Å²) < 4.78 is 8.88. The first kappa shape index (κ1) is 29.3. The molecule has 0 unspecified atom stereocenters. The van der Waals surface area contributed by atoms with E-state index in [1.165, 1.54) is 0 Å². The molecule has 0 aliphatic carbocycles. The summed E-state index contributed by atoms with van der Waals surface area (Å²) in [5.41, 5.74) is 0. The molecule has 0 fully saturated rings. The molecule has 0 aromatic heterocycles. The van der Waals surface area contributed by atoms with Crippen molar-refractivity contribution < 1.29 is 23.9 Å². The molecule has 0 radical (unpaired) electrons. The summed E-state index contributed by atoms with van der Waals surface area (Å²) in [6, 6.07) is 0. The Morgan fingerprint density at radius 1 is 1.00 bits per heavy atom. The van der Waals surface area contributed by atoms with Gasteiger partial charge in [-0.3, -0.25) is 4.70 Å². The van der Waals surface area contributed by atoms with Gasteiger partial charge in [-0.2, -0.15) is 0 Å². The van der Waals surface area contributed by atoms with Crippen LogP contribution >= 0.6 is 7.82 Å². The van der Waals surface area contributed by atoms with Crippen molar-refractivity contribution in [3.8, 4) is 0 Å². The third-order valence-corrected chi connectivity index (χ3v) is 0. The van der Waals surface area contributed by atoms with Crippen LogP contribution in [0, 0.1) is 0 Å². The summed E-state index contributed by atoms with van der Waals surface area (Å²) in [7, 11) is -4.64. The van der Waals surface area contributed by atoms with Crippen LogP contribution in [-0.4, -0.2) is 135 Å². The summed E-state index contributed by atoms with van der Waals surface area (Å²) in [5, 5.41) is 0. The average Bonchev–Trinajstić information content (AvgIpc) is 0.722. The molecule has 50 valence electrons. The molecule has 0 saturated carbocycles. The van der Waals surface area contributed by atoms with Crippen LogP contribution in [0.1, 0.15) is 0 Å². The molecule has 3 N–H and O–H groups in total. The van der Waals surface area contributed by atoms with Crippen LogP contribution < -0.4 is 0 Å². The fourth-order valence-corrected chi connectivity index (χ4v) is 0. The Balaban J connectivity index is -0.0000000133. The average molecular weight is 228 g/mol. The standard InChI is InChI=1S/Al.FH.2K.H3O4P.5H/c;;;;1-5(2,3)4;;;;;/h;1H;;;(H3,1,2,3,4);;;;;. The van der Waals surface area contributed by atoms with E-state index in [1.54, 1.807) is 0 Å². The van der Waals surface area contributed by atoms with Crippen molar-refractivity contribution in [1.29, 1.82) is 0 Å². The molecule has 0 atom stereocenters. The van der Waals surface area contributed by atoms with Gasteiger partial charge in [-0.25, -0.2) is 4.57 Å². The maximum absolute atomic E-state index is 8.88. The van der Waals surface area contributed by atoms with Crippen molar-refractivity contribution in [2.24, 2.45) is 0 Å². The van der Waals surface area contributed by atoms with Gasteiger partial charge in [0.05, 0.1) is 0 Å². The molecule has 0 aromatic rings. The van der Waals surface area contributed by atoms with Crippen molar-refractivity contribution in [3.63, 3.8) is 0 Å². The minimum absolute atomic E-state index is 0. The zero-order valence-electron chi connectivity index (χ0n) is 2.61. The summed E-state index contributed by atoms with van der Waals surface area (Å²) in [4.78, 5) is 21.6. The Bertz CT molecular complexity index is 64.7. The first-order valence-electron chi connectivity index (χ1n) is 0.783. The van der Waals surface area contributed by atoms with E-state index in [0.29, 0.717) is 0 Å². The van der Waals surface area contributed by atoms with Gasteiger partial charge in [0.15, 0.2) is 17.4 Å². The van der Waals surface area contributed by atoms with Crippen LogP contribution in [0.5, 0.6) is 0 Å². The first-order valence-corrected chi connectivity index (χ1v) is 2.35. The van der Waals surface area contributed by atoms with Crippen LogP contribution in [-0.2, 0) is 4.57 Å². The summed E-state index contributed by atoms with van der Waals surface area (Å²) in [5.74, 6) is 0. The van der Waals surface area contributed by atoms with Crippen LogP contribution in [0.4, 0.5) is 4.70 Å². The van der Waals surface area contributed by atoms with E-state index in [4.69, 9.17) is 19.2 Å². The van der Waals surface area contributed by atoms with Gasteiger partial charge in [0, 0.05) is 0 Å². The van der Waals surface area contributed by atoms with Gasteiger partial charge >= 0.3 is 111 Å². The number of hydrogen-bond donors (Lipinski definition) is 3.